The molecular formula is C16H23NO3S. The average molecular weight is 309 g/mol. The monoisotopic (exact) mass is 309 g/mol. The molecule has 1 aromatic rings. The van der Waals surface area contributed by atoms with Gasteiger partial charge < -0.3 is 5.11 Å². The number of aliphatic hydroxyl groups excluding tert-OH is 1. The van der Waals surface area contributed by atoms with E-state index in [1.54, 1.807) is 25.2 Å². The van der Waals surface area contributed by atoms with Crippen LogP contribution in [0.25, 0.3) is 0 Å². The van der Waals surface area contributed by atoms with Crippen LogP contribution in [0.15, 0.2) is 23.1 Å². The Morgan fingerprint density at radius 3 is 2.62 bits per heavy atom. The molecule has 1 N–H and O–H groups in total. The first kappa shape index (κ1) is 17.7. The van der Waals surface area contributed by atoms with Crippen molar-refractivity contribution in [3.8, 4) is 11.8 Å². The molecule has 0 spiro atoms. The standard InChI is InChI=1S/C16H23NO3S/c1-4-5-11-17(3)21(19,20)16-10-9-15(14(2)13-16)8-6-7-12-18/h9-10,13,18H,4-5,7,11-12H2,1-3H3. The molecule has 0 saturated heterocycles. The van der Waals surface area contributed by atoms with Crippen molar-refractivity contribution in [2.45, 2.75) is 38.0 Å². The largest absolute Gasteiger partial charge is 0.395 e. The highest BCUT2D eigenvalue weighted by atomic mass is 32.2. The van der Waals surface area contributed by atoms with E-state index in [9.17, 15) is 8.42 Å². The Labute approximate surface area is 127 Å². The fourth-order valence-electron chi connectivity index (χ4n) is 1.83. The van der Waals surface area contributed by atoms with Gasteiger partial charge in [-0.2, -0.15) is 0 Å². The summed E-state index contributed by atoms with van der Waals surface area (Å²) in [6.07, 6.45) is 2.22. The van der Waals surface area contributed by atoms with Gasteiger partial charge in [0.2, 0.25) is 10.0 Å². The summed E-state index contributed by atoms with van der Waals surface area (Å²) in [5, 5.41) is 8.71. The lowest BCUT2D eigenvalue weighted by Gasteiger charge is -2.17. The smallest absolute Gasteiger partial charge is 0.242 e. The predicted octanol–water partition coefficient (Wildman–Crippen LogP) is 2.15. The molecule has 1 rings (SSSR count). The second-order valence-electron chi connectivity index (χ2n) is 4.93. The number of rotatable bonds is 6. The molecule has 4 nitrogen and oxygen atoms in total. The Morgan fingerprint density at radius 2 is 2.05 bits per heavy atom. The van der Waals surface area contributed by atoms with Gasteiger partial charge in [0.1, 0.15) is 0 Å². The second kappa shape index (κ2) is 8.18. The third kappa shape index (κ3) is 4.85. The van der Waals surface area contributed by atoms with Crippen LogP contribution in [-0.2, 0) is 10.0 Å². The first-order valence-electron chi connectivity index (χ1n) is 7.10. The van der Waals surface area contributed by atoms with Crippen LogP contribution in [0.5, 0.6) is 0 Å². The number of aliphatic hydroxyl groups is 1. The van der Waals surface area contributed by atoms with Crippen LogP contribution in [0.2, 0.25) is 0 Å². The zero-order chi connectivity index (χ0) is 15.9. The van der Waals surface area contributed by atoms with Crippen LogP contribution >= 0.6 is 0 Å². The molecule has 116 valence electrons. The fourth-order valence-corrected chi connectivity index (χ4v) is 3.13. The summed E-state index contributed by atoms with van der Waals surface area (Å²) >= 11 is 0. The molecule has 0 bridgehead atoms. The third-order valence-electron chi connectivity index (χ3n) is 3.19. The van der Waals surface area contributed by atoms with Gasteiger partial charge in [-0.3, -0.25) is 0 Å². The molecule has 0 radical (unpaired) electrons. The van der Waals surface area contributed by atoms with Crippen molar-refractivity contribution < 1.29 is 13.5 Å². The Bertz CT molecular complexity index is 627. The summed E-state index contributed by atoms with van der Waals surface area (Å²) in [6.45, 7) is 4.43. The van der Waals surface area contributed by atoms with E-state index in [1.165, 1.54) is 4.31 Å². The van der Waals surface area contributed by atoms with Crippen molar-refractivity contribution >= 4 is 10.0 Å². The van der Waals surface area contributed by atoms with E-state index in [2.05, 4.69) is 11.8 Å². The van der Waals surface area contributed by atoms with Crippen molar-refractivity contribution in [1.29, 1.82) is 0 Å². The summed E-state index contributed by atoms with van der Waals surface area (Å²) < 4.78 is 26.2. The van der Waals surface area contributed by atoms with E-state index in [0.29, 0.717) is 17.9 Å². The average Bonchev–Trinajstić information content (AvgIpc) is 2.46. The first-order chi connectivity index (χ1) is 9.93. The first-order valence-corrected chi connectivity index (χ1v) is 8.54. The minimum absolute atomic E-state index is 0.0285. The van der Waals surface area contributed by atoms with Gasteiger partial charge in [-0.25, -0.2) is 12.7 Å². The second-order valence-corrected chi connectivity index (χ2v) is 6.98. The van der Waals surface area contributed by atoms with E-state index in [-0.39, 0.29) is 6.61 Å². The molecule has 0 saturated carbocycles. The van der Waals surface area contributed by atoms with Crippen LogP contribution in [-0.4, -0.2) is 38.0 Å². The van der Waals surface area contributed by atoms with E-state index in [0.717, 1.165) is 24.0 Å². The van der Waals surface area contributed by atoms with Gasteiger partial charge >= 0.3 is 0 Å². The Morgan fingerprint density at radius 1 is 1.33 bits per heavy atom. The van der Waals surface area contributed by atoms with Crippen LogP contribution < -0.4 is 0 Å². The van der Waals surface area contributed by atoms with Gasteiger partial charge in [0, 0.05) is 25.6 Å². The predicted molar refractivity (Wildman–Crippen MR) is 84.5 cm³/mol. The van der Waals surface area contributed by atoms with Gasteiger partial charge in [-0.15, -0.1) is 0 Å². The molecular weight excluding hydrogens is 286 g/mol. The number of benzene rings is 1. The topological polar surface area (TPSA) is 57.6 Å². The highest BCUT2D eigenvalue weighted by Crippen LogP contribution is 2.18. The van der Waals surface area contributed by atoms with Crippen molar-refractivity contribution in [1.82, 2.24) is 4.31 Å². The zero-order valence-electron chi connectivity index (χ0n) is 12.9. The fraction of sp³-hybridized carbons (Fsp3) is 0.500. The maximum absolute atomic E-state index is 12.4. The zero-order valence-corrected chi connectivity index (χ0v) is 13.7. The number of nitrogens with zero attached hydrogens (tertiary/aromatic N) is 1. The Hall–Kier alpha value is -1.35. The summed E-state index contributed by atoms with van der Waals surface area (Å²) in [4.78, 5) is 0.298. The Balaban J connectivity index is 3.00. The maximum atomic E-state index is 12.4. The minimum atomic E-state index is -3.43. The number of unbranched alkanes of at least 4 members (excludes halogenated alkanes) is 1. The lowest BCUT2D eigenvalue weighted by Crippen LogP contribution is -2.28. The van der Waals surface area contributed by atoms with Gasteiger partial charge in [0.05, 0.1) is 11.5 Å². The van der Waals surface area contributed by atoms with E-state index in [4.69, 9.17) is 5.11 Å². The maximum Gasteiger partial charge on any atom is 0.242 e. The normalized spacial score (nSPS) is 11.3. The van der Waals surface area contributed by atoms with Crippen molar-refractivity contribution in [3.05, 3.63) is 29.3 Å². The quantitative estimate of drug-likeness (QED) is 0.819. The molecule has 0 heterocycles. The number of aryl methyl sites for hydroxylation is 1. The minimum Gasteiger partial charge on any atom is -0.395 e. The highest BCUT2D eigenvalue weighted by Gasteiger charge is 2.20. The molecule has 21 heavy (non-hydrogen) atoms. The van der Waals surface area contributed by atoms with Crippen LogP contribution in [0.4, 0.5) is 0 Å². The molecule has 1 aromatic carbocycles. The third-order valence-corrected chi connectivity index (χ3v) is 5.05. The van der Waals surface area contributed by atoms with Crippen molar-refractivity contribution in [2.24, 2.45) is 0 Å². The van der Waals surface area contributed by atoms with E-state index < -0.39 is 10.0 Å². The van der Waals surface area contributed by atoms with Crippen molar-refractivity contribution in [2.75, 3.05) is 20.2 Å². The summed E-state index contributed by atoms with van der Waals surface area (Å²) in [7, 11) is -1.82. The lowest BCUT2D eigenvalue weighted by atomic mass is 10.1. The molecule has 0 aliphatic carbocycles. The molecule has 5 heteroatoms. The molecule has 0 unspecified atom stereocenters. The van der Waals surface area contributed by atoms with E-state index >= 15 is 0 Å². The molecule has 0 aliphatic rings. The van der Waals surface area contributed by atoms with Gasteiger partial charge in [-0.1, -0.05) is 25.2 Å². The van der Waals surface area contributed by atoms with Gasteiger partial charge in [0.25, 0.3) is 0 Å². The number of hydrogen-bond donors (Lipinski definition) is 1. The highest BCUT2D eigenvalue weighted by molar-refractivity contribution is 7.89. The van der Waals surface area contributed by atoms with Crippen LogP contribution in [0.1, 0.15) is 37.3 Å². The van der Waals surface area contributed by atoms with E-state index in [1.807, 2.05) is 13.8 Å². The Kier molecular flexibility index (Phi) is 6.90. The summed E-state index contributed by atoms with van der Waals surface area (Å²) in [5.74, 6) is 5.78. The van der Waals surface area contributed by atoms with Crippen molar-refractivity contribution in [3.63, 3.8) is 0 Å². The molecule has 0 aliphatic heterocycles. The van der Waals surface area contributed by atoms with Gasteiger partial charge in [-0.05, 0) is 37.1 Å². The van der Waals surface area contributed by atoms with Crippen LogP contribution in [0, 0.1) is 18.8 Å². The van der Waals surface area contributed by atoms with Crippen LogP contribution in [0.3, 0.4) is 0 Å². The molecule has 0 aromatic heterocycles. The number of hydrogen-bond acceptors (Lipinski definition) is 3. The lowest BCUT2D eigenvalue weighted by molar-refractivity contribution is 0.305. The van der Waals surface area contributed by atoms with Gasteiger partial charge in [0.15, 0.2) is 0 Å². The summed E-state index contributed by atoms with van der Waals surface area (Å²) in [6, 6.07) is 4.97. The molecule has 0 fully saturated rings. The number of sulfonamides is 1. The summed E-state index contributed by atoms with van der Waals surface area (Å²) in [5.41, 5.74) is 1.61. The molecule has 0 atom stereocenters. The molecule has 0 amide bonds. The SMILES string of the molecule is CCCCN(C)S(=O)(=O)c1ccc(C#CCCO)c(C)c1.